The molecule has 0 bridgehead atoms. The van der Waals surface area contributed by atoms with E-state index in [-0.39, 0.29) is 5.88 Å². The van der Waals surface area contributed by atoms with E-state index in [1.54, 1.807) is 18.5 Å². The molecule has 0 saturated heterocycles. The second-order valence-electron chi connectivity index (χ2n) is 2.75. The Morgan fingerprint density at radius 3 is 3.13 bits per heavy atom. The van der Waals surface area contributed by atoms with Gasteiger partial charge < -0.3 is 9.84 Å². The van der Waals surface area contributed by atoms with Crippen LogP contribution < -0.4 is 4.74 Å². The van der Waals surface area contributed by atoms with Crippen LogP contribution in [0.1, 0.15) is 0 Å². The lowest BCUT2D eigenvalue weighted by Crippen LogP contribution is -2.10. The number of carbonyl (C=O) groups is 1. The Kier molecular flexibility index (Phi) is 2.40. The third-order valence-electron chi connectivity index (χ3n) is 1.73. The summed E-state index contributed by atoms with van der Waals surface area (Å²) in [5, 5.41) is 9.11. The van der Waals surface area contributed by atoms with Crippen molar-refractivity contribution < 1.29 is 14.6 Å². The number of pyridine rings is 1. The molecule has 0 amide bonds. The molecule has 6 nitrogen and oxygen atoms in total. The Morgan fingerprint density at radius 1 is 1.47 bits per heavy atom. The van der Waals surface area contributed by atoms with Gasteiger partial charge in [-0.05, 0) is 6.07 Å². The van der Waals surface area contributed by atoms with Crippen molar-refractivity contribution in [3.8, 4) is 5.88 Å². The number of rotatable bonds is 3. The summed E-state index contributed by atoms with van der Waals surface area (Å²) in [4.78, 5) is 22.0. The zero-order chi connectivity index (χ0) is 10.7. The zero-order valence-electron chi connectivity index (χ0n) is 7.62. The van der Waals surface area contributed by atoms with E-state index >= 15 is 0 Å². The summed E-state index contributed by atoms with van der Waals surface area (Å²) in [7, 11) is 0. The molecule has 0 fully saturated rings. The number of hydrogen-bond acceptors (Lipinski definition) is 5. The van der Waals surface area contributed by atoms with Gasteiger partial charge in [0.2, 0.25) is 5.88 Å². The summed E-state index contributed by atoms with van der Waals surface area (Å²) in [6.07, 6.45) is 4.44. The van der Waals surface area contributed by atoms with E-state index in [4.69, 9.17) is 9.84 Å². The van der Waals surface area contributed by atoms with Crippen LogP contribution in [0.25, 0.3) is 10.9 Å². The maximum atomic E-state index is 10.3. The van der Waals surface area contributed by atoms with E-state index in [9.17, 15) is 4.79 Å². The van der Waals surface area contributed by atoms with Crippen molar-refractivity contribution in [3.05, 3.63) is 24.8 Å². The predicted octanol–water partition coefficient (Wildman–Crippen LogP) is 0.488. The quantitative estimate of drug-likeness (QED) is 0.784. The molecule has 0 spiro atoms. The highest BCUT2D eigenvalue weighted by Crippen LogP contribution is 2.19. The monoisotopic (exact) mass is 205 g/mol. The molecule has 2 heterocycles. The van der Waals surface area contributed by atoms with Crippen molar-refractivity contribution in [1.29, 1.82) is 0 Å². The van der Waals surface area contributed by atoms with Crippen LogP contribution in [-0.4, -0.2) is 32.6 Å². The molecule has 0 aliphatic carbocycles. The number of aromatic nitrogens is 3. The van der Waals surface area contributed by atoms with E-state index < -0.39 is 12.6 Å². The third kappa shape index (κ3) is 1.98. The molecule has 2 rings (SSSR count). The van der Waals surface area contributed by atoms with Crippen molar-refractivity contribution in [3.63, 3.8) is 0 Å². The molecule has 6 heteroatoms. The van der Waals surface area contributed by atoms with Crippen LogP contribution in [0.5, 0.6) is 5.88 Å². The number of ether oxygens (including phenoxy) is 1. The highest BCUT2D eigenvalue weighted by molar-refractivity contribution is 5.82. The minimum absolute atomic E-state index is 0.254. The van der Waals surface area contributed by atoms with Crippen molar-refractivity contribution in [2.75, 3.05) is 6.61 Å². The highest BCUT2D eigenvalue weighted by Gasteiger charge is 2.05. The van der Waals surface area contributed by atoms with Gasteiger partial charge in [-0.1, -0.05) is 0 Å². The minimum atomic E-state index is -1.05. The summed E-state index contributed by atoms with van der Waals surface area (Å²) in [6, 6.07) is 1.67. The number of aliphatic carboxylic acids is 1. The molecule has 1 N–H and O–H groups in total. The summed E-state index contributed by atoms with van der Waals surface area (Å²) >= 11 is 0. The Hall–Kier alpha value is -2.24. The molecule has 15 heavy (non-hydrogen) atoms. The lowest BCUT2D eigenvalue weighted by Gasteiger charge is -2.04. The normalized spacial score (nSPS) is 10.1. The van der Waals surface area contributed by atoms with Gasteiger partial charge in [0.1, 0.15) is 6.33 Å². The van der Waals surface area contributed by atoms with Gasteiger partial charge in [0.15, 0.2) is 6.61 Å². The summed E-state index contributed by atoms with van der Waals surface area (Å²) in [6.45, 7) is -0.422. The van der Waals surface area contributed by atoms with Crippen molar-refractivity contribution in [1.82, 2.24) is 15.0 Å². The van der Waals surface area contributed by atoms with Gasteiger partial charge in [-0.2, -0.15) is 0 Å². The van der Waals surface area contributed by atoms with Gasteiger partial charge >= 0.3 is 5.97 Å². The maximum Gasteiger partial charge on any atom is 0.341 e. The molecule has 0 unspecified atom stereocenters. The standard InChI is InChI=1S/C9H7N3O3/c13-8(14)4-15-9-6-1-2-10-3-7(6)11-5-12-9/h1-3,5H,4H2,(H,13,14). The summed E-state index contributed by atoms with van der Waals surface area (Å²) in [5.41, 5.74) is 0.618. The van der Waals surface area contributed by atoms with E-state index in [0.29, 0.717) is 10.9 Å². The minimum Gasteiger partial charge on any atom is -0.479 e. The molecule has 0 atom stereocenters. The average molecular weight is 205 g/mol. The van der Waals surface area contributed by atoms with Gasteiger partial charge in [-0.15, -0.1) is 0 Å². The topological polar surface area (TPSA) is 85.2 Å². The molecular formula is C9H7N3O3. The van der Waals surface area contributed by atoms with Crippen LogP contribution in [0.2, 0.25) is 0 Å². The van der Waals surface area contributed by atoms with Gasteiger partial charge in [0.25, 0.3) is 0 Å². The molecule has 0 saturated carbocycles. The highest BCUT2D eigenvalue weighted by atomic mass is 16.5. The fourth-order valence-corrected chi connectivity index (χ4v) is 1.13. The second kappa shape index (κ2) is 3.87. The maximum absolute atomic E-state index is 10.3. The lowest BCUT2D eigenvalue weighted by molar-refractivity contribution is -0.139. The summed E-state index contributed by atoms with van der Waals surface area (Å²) < 4.78 is 5.00. The fourth-order valence-electron chi connectivity index (χ4n) is 1.13. The van der Waals surface area contributed by atoms with Crippen LogP contribution in [0, 0.1) is 0 Å². The van der Waals surface area contributed by atoms with Gasteiger partial charge in [0, 0.05) is 6.20 Å². The van der Waals surface area contributed by atoms with Gasteiger partial charge in [-0.25, -0.2) is 14.8 Å². The van der Waals surface area contributed by atoms with Crippen molar-refractivity contribution >= 4 is 16.9 Å². The lowest BCUT2D eigenvalue weighted by atomic mass is 10.3. The molecule has 76 valence electrons. The van der Waals surface area contributed by atoms with Crippen LogP contribution in [0.15, 0.2) is 24.8 Å². The van der Waals surface area contributed by atoms with Crippen LogP contribution in [-0.2, 0) is 4.79 Å². The number of carboxylic acids is 1. The Balaban J connectivity index is 2.38. The summed E-state index contributed by atoms with van der Waals surface area (Å²) in [5.74, 6) is -0.791. The Bertz CT molecular complexity index is 495. The fraction of sp³-hybridized carbons (Fsp3) is 0.111. The van der Waals surface area contributed by atoms with E-state index in [2.05, 4.69) is 15.0 Å². The first-order chi connectivity index (χ1) is 7.27. The third-order valence-corrected chi connectivity index (χ3v) is 1.73. The molecule has 0 aliphatic rings. The van der Waals surface area contributed by atoms with E-state index in [0.717, 1.165) is 0 Å². The Morgan fingerprint density at radius 2 is 2.33 bits per heavy atom. The SMILES string of the molecule is O=C(O)COc1ncnc2cnccc12. The first-order valence-corrected chi connectivity index (χ1v) is 4.16. The number of fused-ring (bicyclic) bond motifs is 1. The van der Waals surface area contributed by atoms with Crippen molar-refractivity contribution in [2.24, 2.45) is 0 Å². The molecule has 0 aliphatic heterocycles. The molecule has 2 aromatic rings. The van der Waals surface area contributed by atoms with Crippen LogP contribution >= 0.6 is 0 Å². The number of carboxylic acid groups (broad SMARTS) is 1. The number of hydrogen-bond donors (Lipinski definition) is 1. The zero-order valence-corrected chi connectivity index (χ0v) is 7.62. The van der Waals surface area contributed by atoms with E-state index in [1.165, 1.54) is 6.33 Å². The van der Waals surface area contributed by atoms with Gasteiger partial charge in [0.05, 0.1) is 17.1 Å². The van der Waals surface area contributed by atoms with Gasteiger partial charge in [-0.3, -0.25) is 4.98 Å². The van der Waals surface area contributed by atoms with Crippen LogP contribution in [0.4, 0.5) is 0 Å². The van der Waals surface area contributed by atoms with Crippen LogP contribution in [0.3, 0.4) is 0 Å². The predicted molar refractivity (Wildman–Crippen MR) is 50.5 cm³/mol. The number of nitrogens with zero attached hydrogens (tertiary/aromatic N) is 3. The largest absolute Gasteiger partial charge is 0.479 e. The molecule has 2 aromatic heterocycles. The van der Waals surface area contributed by atoms with E-state index in [1.807, 2.05) is 0 Å². The second-order valence-corrected chi connectivity index (χ2v) is 2.75. The smallest absolute Gasteiger partial charge is 0.341 e. The average Bonchev–Trinajstić information content (AvgIpc) is 2.26. The molecule has 0 radical (unpaired) electrons. The van der Waals surface area contributed by atoms with Crippen molar-refractivity contribution in [2.45, 2.75) is 0 Å². The first-order valence-electron chi connectivity index (χ1n) is 4.16. The Labute approximate surface area is 84.6 Å². The first kappa shape index (κ1) is 9.32. The molecule has 0 aromatic carbocycles. The molecular weight excluding hydrogens is 198 g/mol.